The predicted molar refractivity (Wildman–Crippen MR) is 112 cm³/mol. The van der Waals surface area contributed by atoms with E-state index in [2.05, 4.69) is 0 Å². The Kier molecular flexibility index (Phi) is 8.66. The number of hydrogen-bond donors (Lipinski definition) is 0. The third kappa shape index (κ3) is 5.93. The SMILES string of the molecule is COc1cc(COC(=O)C(=O)OCc2cc(OC)c(OC)c(OC)c2)c([N+](=O)[O-])cc1OC. The fraction of sp³-hybridized carbons (Fsp3) is 0.333. The van der Waals surface area contributed by atoms with Crippen molar-refractivity contribution in [3.05, 3.63) is 45.5 Å². The summed E-state index contributed by atoms with van der Waals surface area (Å²) in [7, 11) is 6.97. The van der Waals surface area contributed by atoms with E-state index in [-0.39, 0.29) is 29.4 Å². The zero-order valence-corrected chi connectivity index (χ0v) is 18.7. The molecule has 0 unspecified atom stereocenters. The van der Waals surface area contributed by atoms with Crippen LogP contribution < -0.4 is 23.7 Å². The molecule has 0 saturated carbocycles. The van der Waals surface area contributed by atoms with Gasteiger partial charge in [-0.25, -0.2) is 9.59 Å². The number of hydrogen-bond acceptors (Lipinski definition) is 11. The van der Waals surface area contributed by atoms with Gasteiger partial charge in [-0.15, -0.1) is 0 Å². The van der Waals surface area contributed by atoms with Crippen LogP contribution >= 0.6 is 0 Å². The molecule has 0 fully saturated rings. The van der Waals surface area contributed by atoms with Crippen LogP contribution in [0.15, 0.2) is 24.3 Å². The summed E-state index contributed by atoms with van der Waals surface area (Å²) < 4.78 is 35.6. The number of esters is 2. The quantitative estimate of drug-likeness (QED) is 0.221. The molecule has 0 aliphatic rings. The second-order valence-corrected chi connectivity index (χ2v) is 6.28. The van der Waals surface area contributed by atoms with E-state index in [9.17, 15) is 19.7 Å². The number of ether oxygens (including phenoxy) is 7. The fourth-order valence-corrected chi connectivity index (χ4v) is 2.82. The molecule has 0 saturated heterocycles. The zero-order valence-electron chi connectivity index (χ0n) is 18.7. The molecule has 12 heteroatoms. The van der Waals surface area contributed by atoms with Crippen molar-refractivity contribution in [2.24, 2.45) is 0 Å². The van der Waals surface area contributed by atoms with Crippen LogP contribution in [0.4, 0.5) is 5.69 Å². The zero-order chi connectivity index (χ0) is 24.5. The fourth-order valence-electron chi connectivity index (χ4n) is 2.82. The minimum atomic E-state index is -1.33. The third-order valence-corrected chi connectivity index (χ3v) is 4.40. The molecule has 0 bridgehead atoms. The molecule has 2 aromatic carbocycles. The first-order valence-corrected chi connectivity index (χ1v) is 9.31. The lowest BCUT2D eigenvalue weighted by molar-refractivity contribution is -0.385. The van der Waals surface area contributed by atoms with E-state index >= 15 is 0 Å². The van der Waals surface area contributed by atoms with Crippen molar-refractivity contribution in [1.29, 1.82) is 0 Å². The molecular weight excluding hydrogens is 442 g/mol. The van der Waals surface area contributed by atoms with Gasteiger partial charge >= 0.3 is 11.9 Å². The summed E-state index contributed by atoms with van der Waals surface area (Å²) in [6.45, 7) is -0.851. The van der Waals surface area contributed by atoms with Gasteiger partial charge in [0.1, 0.15) is 13.2 Å². The monoisotopic (exact) mass is 465 g/mol. The molecular formula is C21H23NO11. The number of rotatable bonds is 10. The highest BCUT2D eigenvalue weighted by molar-refractivity contribution is 6.29. The normalized spacial score (nSPS) is 10.1. The van der Waals surface area contributed by atoms with Gasteiger partial charge in [0.25, 0.3) is 5.69 Å². The van der Waals surface area contributed by atoms with Crippen molar-refractivity contribution in [3.8, 4) is 28.7 Å². The first kappa shape index (κ1) is 25.0. The standard InChI is InChI=1S/C21H23NO11/c1-27-15-8-13(14(22(25)26)9-16(15)28-2)11-33-21(24)20(23)32-10-12-6-17(29-3)19(31-5)18(7-12)30-4/h6-9H,10-11H2,1-5H3. The summed E-state index contributed by atoms with van der Waals surface area (Å²) in [4.78, 5) is 34.8. The van der Waals surface area contributed by atoms with Crippen LogP contribution in [0, 0.1) is 10.1 Å². The number of carbonyl (C=O) groups is 2. The molecule has 0 amide bonds. The Balaban J connectivity index is 2.08. The summed E-state index contributed by atoms with van der Waals surface area (Å²) >= 11 is 0. The van der Waals surface area contributed by atoms with Crippen molar-refractivity contribution in [1.82, 2.24) is 0 Å². The Hall–Kier alpha value is -4.22. The minimum Gasteiger partial charge on any atom is -0.493 e. The van der Waals surface area contributed by atoms with Crippen molar-refractivity contribution in [2.45, 2.75) is 13.2 Å². The summed E-state index contributed by atoms with van der Waals surface area (Å²) in [5.74, 6) is -1.26. The van der Waals surface area contributed by atoms with Crippen LogP contribution in [-0.2, 0) is 32.3 Å². The molecule has 0 aliphatic carbocycles. The van der Waals surface area contributed by atoms with Crippen LogP contribution in [0.5, 0.6) is 28.7 Å². The number of nitro benzene ring substituents is 1. The van der Waals surface area contributed by atoms with E-state index < -0.39 is 23.5 Å². The highest BCUT2D eigenvalue weighted by atomic mass is 16.6. The van der Waals surface area contributed by atoms with Gasteiger partial charge in [-0.1, -0.05) is 0 Å². The molecule has 0 radical (unpaired) electrons. The van der Waals surface area contributed by atoms with Gasteiger partial charge in [0.15, 0.2) is 23.0 Å². The molecule has 0 aromatic heterocycles. The lowest BCUT2D eigenvalue weighted by Crippen LogP contribution is -2.20. The largest absolute Gasteiger partial charge is 0.493 e. The molecule has 0 heterocycles. The van der Waals surface area contributed by atoms with E-state index in [0.717, 1.165) is 6.07 Å². The molecule has 0 N–H and O–H groups in total. The number of carbonyl (C=O) groups excluding carboxylic acids is 2. The smallest absolute Gasteiger partial charge is 0.417 e. The maximum absolute atomic E-state index is 12.1. The number of methoxy groups -OCH3 is 5. The average molecular weight is 465 g/mol. The van der Waals surface area contributed by atoms with Crippen molar-refractivity contribution >= 4 is 17.6 Å². The van der Waals surface area contributed by atoms with Gasteiger partial charge in [-0.3, -0.25) is 10.1 Å². The van der Waals surface area contributed by atoms with E-state index in [1.165, 1.54) is 41.6 Å². The molecule has 33 heavy (non-hydrogen) atoms. The van der Waals surface area contributed by atoms with Gasteiger partial charge in [0.2, 0.25) is 5.75 Å². The van der Waals surface area contributed by atoms with Crippen LogP contribution in [0.1, 0.15) is 11.1 Å². The van der Waals surface area contributed by atoms with Gasteiger partial charge < -0.3 is 33.2 Å². The number of nitrogens with zero attached hydrogens (tertiary/aromatic N) is 1. The van der Waals surface area contributed by atoms with E-state index in [1.54, 1.807) is 12.1 Å². The summed E-state index contributed by atoms with van der Waals surface area (Å²) in [5.41, 5.74) is 0.0934. The number of nitro groups is 1. The highest BCUT2D eigenvalue weighted by Crippen LogP contribution is 2.38. The Labute approximate surface area is 189 Å². The molecule has 0 atom stereocenters. The van der Waals surface area contributed by atoms with E-state index in [1.807, 2.05) is 0 Å². The molecule has 0 spiro atoms. The van der Waals surface area contributed by atoms with Gasteiger partial charge in [0, 0.05) is 0 Å². The Morgan fingerprint density at radius 3 is 1.67 bits per heavy atom. The van der Waals surface area contributed by atoms with Crippen LogP contribution in [0.25, 0.3) is 0 Å². The molecule has 2 rings (SSSR count). The maximum Gasteiger partial charge on any atom is 0.417 e. The van der Waals surface area contributed by atoms with Crippen molar-refractivity contribution < 1.29 is 47.7 Å². The molecule has 0 aliphatic heterocycles. The van der Waals surface area contributed by atoms with Crippen molar-refractivity contribution in [3.63, 3.8) is 0 Å². The van der Waals surface area contributed by atoms with Crippen LogP contribution in [0.3, 0.4) is 0 Å². The lowest BCUT2D eigenvalue weighted by atomic mass is 10.1. The van der Waals surface area contributed by atoms with Crippen LogP contribution in [0.2, 0.25) is 0 Å². The topological polar surface area (TPSA) is 142 Å². The second kappa shape index (κ2) is 11.4. The van der Waals surface area contributed by atoms with Gasteiger partial charge in [0.05, 0.1) is 52.1 Å². The van der Waals surface area contributed by atoms with Crippen molar-refractivity contribution in [2.75, 3.05) is 35.5 Å². The molecule has 178 valence electrons. The Morgan fingerprint density at radius 2 is 1.21 bits per heavy atom. The summed E-state index contributed by atoms with van der Waals surface area (Å²) in [6.07, 6.45) is 0. The molecule has 2 aromatic rings. The highest BCUT2D eigenvalue weighted by Gasteiger charge is 2.24. The first-order valence-electron chi connectivity index (χ1n) is 9.31. The second-order valence-electron chi connectivity index (χ2n) is 6.28. The average Bonchev–Trinajstić information content (AvgIpc) is 2.83. The maximum atomic E-state index is 12.1. The van der Waals surface area contributed by atoms with E-state index in [4.69, 9.17) is 33.2 Å². The van der Waals surface area contributed by atoms with Gasteiger partial charge in [-0.2, -0.15) is 0 Å². The summed E-state index contributed by atoms with van der Waals surface area (Å²) in [6, 6.07) is 5.51. The minimum absolute atomic E-state index is 0.00317. The third-order valence-electron chi connectivity index (χ3n) is 4.40. The van der Waals surface area contributed by atoms with Gasteiger partial charge in [-0.05, 0) is 23.8 Å². The van der Waals surface area contributed by atoms with Crippen LogP contribution in [-0.4, -0.2) is 52.4 Å². The summed E-state index contributed by atoms with van der Waals surface area (Å²) in [5, 5.41) is 11.3. The first-order chi connectivity index (χ1) is 15.8. The Bertz CT molecular complexity index is 1010. The Morgan fingerprint density at radius 1 is 0.727 bits per heavy atom. The lowest BCUT2D eigenvalue weighted by Gasteiger charge is -2.14. The number of benzene rings is 2. The molecule has 12 nitrogen and oxygen atoms in total. The van der Waals surface area contributed by atoms with E-state index in [0.29, 0.717) is 22.8 Å². The predicted octanol–water partition coefficient (Wildman–Crippen LogP) is 2.42.